The van der Waals surface area contributed by atoms with E-state index in [1.807, 2.05) is 72.8 Å². The number of esters is 2. The maximum Gasteiger partial charge on any atom is 0.413 e. The number of thiazole rings is 1. The monoisotopic (exact) mass is 1320 g/mol. The lowest BCUT2D eigenvalue weighted by Gasteiger charge is -2.41. The first-order valence-corrected chi connectivity index (χ1v) is 31.4. The molecule has 3 fully saturated rings. The van der Waals surface area contributed by atoms with Gasteiger partial charge in [-0.1, -0.05) is 113 Å². The first-order chi connectivity index (χ1) is 43.8. The van der Waals surface area contributed by atoms with E-state index in [-0.39, 0.29) is 73.1 Å². The molecule has 0 saturated carbocycles. The Hall–Kier alpha value is -9.11. The molecule has 24 nitrogen and oxygen atoms in total. The average Bonchev–Trinajstić information content (AvgIpc) is 1.55. The number of hydrogen-bond donors (Lipinski definition) is 4. The summed E-state index contributed by atoms with van der Waals surface area (Å²) in [7, 11) is 3.15. The molecule has 486 valence electrons. The molecule has 0 aliphatic carbocycles. The highest BCUT2D eigenvalue weighted by Gasteiger charge is 2.67. The summed E-state index contributed by atoms with van der Waals surface area (Å²) in [6.07, 6.45) is -1.77. The largest absolute Gasteiger partial charge is 0.497 e. The lowest BCUT2D eigenvalue weighted by Crippen LogP contribution is -2.68. The van der Waals surface area contributed by atoms with E-state index in [0.29, 0.717) is 28.4 Å². The number of amides is 6. The highest BCUT2D eigenvalue weighted by Crippen LogP contribution is 2.51. The molecule has 3 atom stereocenters. The van der Waals surface area contributed by atoms with Gasteiger partial charge in [-0.15, -0.1) is 11.3 Å². The molecule has 5 aromatic carbocycles. The normalized spacial score (nSPS) is 17.3. The molecule has 3 aliphatic rings. The van der Waals surface area contributed by atoms with Gasteiger partial charge >= 0.3 is 24.1 Å². The Balaban J connectivity index is 0.928. The number of benzene rings is 5. The summed E-state index contributed by atoms with van der Waals surface area (Å²) < 4.78 is 40.5. The zero-order chi connectivity index (χ0) is 66.1. The van der Waals surface area contributed by atoms with E-state index in [1.54, 1.807) is 98.2 Å². The molecule has 0 spiro atoms. The topological polar surface area (TPSA) is 276 Å². The van der Waals surface area contributed by atoms with Gasteiger partial charge in [-0.05, 0) is 114 Å². The second kappa shape index (κ2) is 28.6. The Kier molecular flexibility index (Phi) is 20.9. The summed E-state index contributed by atoms with van der Waals surface area (Å²) in [5.74, 6) is -1.97. The van der Waals surface area contributed by atoms with Gasteiger partial charge in [-0.3, -0.25) is 29.6 Å². The van der Waals surface area contributed by atoms with Crippen molar-refractivity contribution in [1.82, 2.24) is 35.9 Å². The molecule has 3 aliphatic heterocycles. The summed E-state index contributed by atoms with van der Waals surface area (Å²) in [5.41, 5.74) is 2.01. The second-order valence-corrected chi connectivity index (χ2v) is 26.4. The molecule has 1 aromatic heterocycles. The van der Waals surface area contributed by atoms with Crippen LogP contribution >= 0.6 is 34.7 Å². The first-order valence-electron chi connectivity index (χ1n) is 29.3. The molecule has 3 saturated heterocycles. The van der Waals surface area contributed by atoms with E-state index in [9.17, 15) is 28.8 Å². The van der Waals surface area contributed by atoms with E-state index in [4.69, 9.17) is 49.6 Å². The molecular formula is C65H72ClN9O15S2. The summed E-state index contributed by atoms with van der Waals surface area (Å²) in [5, 5.41) is 14.0. The lowest BCUT2D eigenvalue weighted by molar-refractivity contribution is -0.179. The molecule has 6 aromatic rings. The number of urea groups is 1. The van der Waals surface area contributed by atoms with Crippen LogP contribution in [0.2, 0.25) is 5.02 Å². The predicted molar refractivity (Wildman–Crippen MR) is 343 cm³/mol. The Morgan fingerprint density at radius 1 is 0.750 bits per heavy atom. The van der Waals surface area contributed by atoms with Crippen LogP contribution in [-0.4, -0.2) is 147 Å². The number of nitrogens with zero attached hydrogens (tertiary/aromatic N) is 5. The van der Waals surface area contributed by atoms with Crippen LogP contribution in [0, 0.1) is 0 Å². The van der Waals surface area contributed by atoms with Crippen LogP contribution in [0.3, 0.4) is 0 Å². The fourth-order valence-electron chi connectivity index (χ4n) is 9.63. The third kappa shape index (κ3) is 16.1. The smallest absolute Gasteiger partial charge is 0.413 e. The van der Waals surface area contributed by atoms with Crippen LogP contribution in [0.25, 0.3) is 0 Å². The summed E-state index contributed by atoms with van der Waals surface area (Å²) in [6, 6.07) is 33.9. The number of thioether (sulfide) groups is 1. The minimum atomic E-state index is -1.90. The summed E-state index contributed by atoms with van der Waals surface area (Å²) in [4.78, 5) is 110. The minimum Gasteiger partial charge on any atom is -0.497 e. The van der Waals surface area contributed by atoms with E-state index < -0.39 is 86.7 Å². The third-order valence-corrected chi connectivity index (χ3v) is 17.1. The molecule has 6 amide bonds. The number of fused-ring (bicyclic) bond motifs is 1. The van der Waals surface area contributed by atoms with Gasteiger partial charge in [0.05, 0.1) is 37.9 Å². The molecule has 0 bridgehead atoms. The molecule has 9 rings (SSSR count). The number of halogens is 1. The number of β-lactam (4-membered cyclic amide) rings is 1. The van der Waals surface area contributed by atoms with E-state index >= 15 is 4.79 Å². The fraction of sp³-hybridized carbons (Fsp3) is 0.369. The number of hydrogen-bond acceptors (Lipinski definition) is 20. The van der Waals surface area contributed by atoms with Gasteiger partial charge < -0.3 is 53.5 Å². The van der Waals surface area contributed by atoms with Gasteiger partial charge in [0.1, 0.15) is 53.0 Å². The first kappa shape index (κ1) is 67.3. The highest BCUT2D eigenvalue weighted by molar-refractivity contribution is 8.02. The Labute approximate surface area is 545 Å². The third-order valence-electron chi connectivity index (χ3n) is 14.3. The molecule has 92 heavy (non-hydrogen) atoms. The van der Waals surface area contributed by atoms with Crippen molar-refractivity contribution in [3.63, 3.8) is 0 Å². The van der Waals surface area contributed by atoms with Crippen LogP contribution in [0.4, 0.5) is 14.7 Å². The van der Waals surface area contributed by atoms with Crippen molar-refractivity contribution in [2.45, 2.75) is 108 Å². The summed E-state index contributed by atoms with van der Waals surface area (Å²) in [6.45, 7) is 12.8. The standard InChI is InChI=1S/C65H72ClN9O15S2/c1-62(2,3)88-57(79)64(7,8)90-72-49(46-37-91-59(69-46)71-60(81)89-63(4,5)6)54(77)70-50-55(78)73-38-65(92-56(50)73,58(80)87-51(41-17-13-11-14-18-41)42-19-15-12-16-20-42)74-33-34-75(61(74)82)68-32-31-67-53(76)45-29-30-47(85-35-39-21-25-43(83-9)26-22-39)52(48(45)66)86-36-40-23-27-44(84-10)28-24-40/h11-30,37,50-51,56,68H,31-36,38H2,1-10H3,(H,67,76)(H,70,77)(H,69,71,81)/b72-49-/t50-,56-,65-/m1/s1. The number of hydrazine groups is 1. The summed E-state index contributed by atoms with van der Waals surface area (Å²) >= 11 is 8.88. The van der Waals surface area contributed by atoms with E-state index in [1.165, 1.54) is 40.1 Å². The van der Waals surface area contributed by atoms with E-state index in [0.717, 1.165) is 34.2 Å². The Morgan fingerprint density at radius 3 is 1.93 bits per heavy atom. The average molecular weight is 1320 g/mol. The van der Waals surface area contributed by atoms with Gasteiger partial charge in [-0.2, -0.15) is 0 Å². The van der Waals surface area contributed by atoms with E-state index in [2.05, 4.69) is 31.5 Å². The number of ether oxygens (including phenoxy) is 7. The minimum absolute atomic E-state index is 0.00248. The predicted octanol–water partition coefficient (Wildman–Crippen LogP) is 9.26. The molecule has 0 unspecified atom stereocenters. The van der Waals surface area contributed by atoms with Gasteiger partial charge in [0.15, 0.2) is 28.4 Å². The fourth-order valence-corrected chi connectivity index (χ4v) is 12.3. The number of methoxy groups -OCH3 is 2. The van der Waals surface area contributed by atoms with Crippen LogP contribution < -0.4 is 40.3 Å². The van der Waals surface area contributed by atoms with Gasteiger partial charge in [0.2, 0.25) is 16.4 Å². The van der Waals surface area contributed by atoms with Crippen LogP contribution in [0.5, 0.6) is 23.0 Å². The number of anilines is 1. The number of aromatic nitrogens is 1. The van der Waals surface area contributed by atoms with Crippen molar-refractivity contribution >= 4 is 87.3 Å². The SMILES string of the molecule is COc1ccc(COc2ccc(C(=O)NCCNN3CCN([C@]4(C(=O)OC(c5ccccc5)c5ccccc5)CN5C(=O)[C@@H](NC(=O)/C(=N\OC(C)(C)C(=O)OC(C)(C)C)c6csc(NC(=O)OC(C)(C)C)n6)[C@H]5S4)C3=O)c(Cl)c2OCc2ccc(OC)cc2)cc1. The zero-order valence-corrected chi connectivity index (χ0v) is 54.7. The van der Waals surface area contributed by atoms with Gasteiger partial charge in [0, 0.05) is 25.0 Å². The number of carbonyl (C=O) groups is 7. The van der Waals surface area contributed by atoms with Crippen molar-refractivity contribution in [2.75, 3.05) is 52.3 Å². The molecule has 27 heteroatoms. The quantitative estimate of drug-likeness (QED) is 0.0104. The number of carbonyl (C=O) groups excluding carboxylic acids is 7. The van der Waals surface area contributed by atoms with Crippen molar-refractivity contribution in [2.24, 2.45) is 5.16 Å². The number of rotatable bonds is 25. The van der Waals surface area contributed by atoms with Crippen molar-refractivity contribution in [3.05, 3.63) is 165 Å². The van der Waals surface area contributed by atoms with Crippen LogP contribution in [0.15, 0.2) is 132 Å². The van der Waals surface area contributed by atoms with Crippen LogP contribution in [-0.2, 0) is 51.4 Å². The lowest BCUT2D eigenvalue weighted by atomic mass is 10.0. The Morgan fingerprint density at radius 2 is 1.35 bits per heavy atom. The maximum absolute atomic E-state index is 15.4. The number of nitrogens with one attached hydrogen (secondary N) is 4. The Bertz CT molecular complexity index is 3660. The highest BCUT2D eigenvalue weighted by atomic mass is 35.5. The van der Waals surface area contributed by atoms with Crippen molar-refractivity contribution in [3.8, 4) is 23.0 Å². The van der Waals surface area contributed by atoms with Gasteiger partial charge in [0.25, 0.3) is 11.8 Å². The zero-order valence-electron chi connectivity index (χ0n) is 52.4. The van der Waals surface area contributed by atoms with Crippen molar-refractivity contribution < 1.29 is 71.6 Å². The molecule has 4 heterocycles. The van der Waals surface area contributed by atoms with Crippen molar-refractivity contribution in [1.29, 1.82) is 0 Å². The molecule has 4 N–H and O–H groups in total. The second-order valence-electron chi connectivity index (χ2n) is 23.8. The number of oxime groups is 1. The van der Waals surface area contributed by atoms with Gasteiger partial charge in [-0.25, -0.2) is 29.6 Å². The molecular weight excluding hydrogens is 1250 g/mol. The maximum atomic E-state index is 15.4. The van der Waals surface area contributed by atoms with Crippen LogP contribution in [0.1, 0.15) is 99.8 Å². The molecule has 0 radical (unpaired) electrons.